The zero-order chi connectivity index (χ0) is 30.2. The van der Waals surface area contributed by atoms with Crippen LogP contribution in [0.3, 0.4) is 0 Å². The molecular formula is C31H39N3O6S. The van der Waals surface area contributed by atoms with E-state index in [4.69, 9.17) is 9.47 Å². The number of carbonyl (C=O) groups is 2. The fourth-order valence-electron chi connectivity index (χ4n) is 4.42. The number of hydrogen-bond acceptors (Lipinski definition) is 6. The monoisotopic (exact) mass is 581 g/mol. The Bertz CT molecular complexity index is 1430. The second kappa shape index (κ2) is 14.0. The fourth-order valence-corrected chi connectivity index (χ4v) is 5.85. The van der Waals surface area contributed by atoms with Gasteiger partial charge in [0.1, 0.15) is 12.6 Å². The van der Waals surface area contributed by atoms with Gasteiger partial charge in [0.25, 0.3) is 10.0 Å². The number of methoxy groups -OCH3 is 2. The van der Waals surface area contributed by atoms with Gasteiger partial charge >= 0.3 is 0 Å². The van der Waals surface area contributed by atoms with E-state index in [-0.39, 0.29) is 29.1 Å². The van der Waals surface area contributed by atoms with E-state index >= 15 is 0 Å². The van der Waals surface area contributed by atoms with Crippen molar-refractivity contribution < 1.29 is 27.5 Å². The molecule has 2 amide bonds. The van der Waals surface area contributed by atoms with E-state index in [1.807, 2.05) is 52.0 Å². The average molecular weight is 582 g/mol. The highest BCUT2D eigenvalue weighted by Gasteiger charge is 2.34. The first-order valence-electron chi connectivity index (χ1n) is 13.5. The van der Waals surface area contributed by atoms with Crippen molar-refractivity contribution in [1.82, 2.24) is 10.2 Å². The van der Waals surface area contributed by atoms with Gasteiger partial charge in [0.05, 0.1) is 24.8 Å². The van der Waals surface area contributed by atoms with Crippen LogP contribution in [0, 0.1) is 6.92 Å². The molecule has 3 aromatic carbocycles. The molecule has 0 unspecified atom stereocenters. The van der Waals surface area contributed by atoms with Crippen molar-refractivity contribution in [2.24, 2.45) is 0 Å². The SMILES string of the molecule is CC[C@@H](C(=O)NC(C)C)N(Cc1ccc(C)cc1)C(=O)CN(c1ccc(OC)c(OC)c1)S(=O)(=O)c1ccccc1. The maximum Gasteiger partial charge on any atom is 0.264 e. The number of nitrogens with one attached hydrogen (secondary N) is 1. The van der Waals surface area contributed by atoms with Gasteiger partial charge in [-0.25, -0.2) is 8.42 Å². The van der Waals surface area contributed by atoms with E-state index in [1.165, 1.54) is 37.3 Å². The Labute approximate surface area is 243 Å². The summed E-state index contributed by atoms with van der Waals surface area (Å²) in [7, 11) is -1.26. The van der Waals surface area contributed by atoms with Crippen LogP contribution in [-0.4, -0.2) is 58.0 Å². The second-order valence-electron chi connectivity index (χ2n) is 9.96. The van der Waals surface area contributed by atoms with Crippen LogP contribution in [0.25, 0.3) is 0 Å². The normalized spacial score (nSPS) is 12.0. The van der Waals surface area contributed by atoms with Gasteiger partial charge in [-0.2, -0.15) is 0 Å². The topological polar surface area (TPSA) is 105 Å². The minimum Gasteiger partial charge on any atom is -0.493 e. The summed E-state index contributed by atoms with van der Waals surface area (Å²) in [5, 5.41) is 2.90. The third kappa shape index (κ3) is 7.79. The van der Waals surface area contributed by atoms with Gasteiger partial charge in [-0.15, -0.1) is 0 Å². The van der Waals surface area contributed by atoms with Gasteiger partial charge in [-0.3, -0.25) is 13.9 Å². The van der Waals surface area contributed by atoms with Crippen molar-refractivity contribution in [3.05, 3.63) is 83.9 Å². The zero-order valence-corrected chi connectivity index (χ0v) is 25.3. The van der Waals surface area contributed by atoms with Crippen molar-refractivity contribution in [3.8, 4) is 11.5 Å². The van der Waals surface area contributed by atoms with Crippen LogP contribution in [0.1, 0.15) is 38.3 Å². The molecule has 0 fully saturated rings. The van der Waals surface area contributed by atoms with E-state index in [9.17, 15) is 18.0 Å². The summed E-state index contributed by atoms with van der Waals surface area (Å²) in [6.07, 6.45) is 0.345. The van der Waals surface area contributed by atoms with Gasteiger partial charge in [-0.05, 0) is 57.0 Å². The maximum absolute atomic E-state index is 14.1. The Kier molecular flexibility index (Phi) is 10.8. The molecular weight excluding hydrogens is 542 g/mol. The van der Waals surface area contributed by atoms with Crippen molar-refractivity contribution in [3.63, 3.8) is 0 Å². The number of nitrogens with zero attached hydrogens (tertiary/aromatic N) is 2. The molecule has 0 radical (unpaired) electrons. The number of carbonyl (C=O) groups excluding carboxylic acids is 2. The first-order valence-corrected chi connectivity index (χ1v) is 14.9. The average Bonchev–Trinajstić information content (AvgIpc) is 2.96. The molecule has 3 rings (SSSR count). The zero-order valence-electron chi connectivity index (χ0n) is 24.5. The van der Waals surface area contributed by atoms with E-state index < -0.39 is 28.5 Å². The molecule has 1 atom stereocenters. The molecule has 3 aromatic rings. The molecule has 10 heteroatoms. The molecule has 9 nitrogen and oxygen atoms in total. The molecule has 41 heavy (non-hydrogen) atoms. The van der Waals surface area contributed by atoms with E-state index in [0.29, 0.717) is 17.9 Å². The largest absolute Gasteiger partial charge is 0.493 e. The summed E-state index contributed by atoms with van der Waals surface area (Å²) in [4.78, 5) is 28.8. The molecule has 0 aliphatic heterocycles. The molecule has 0 aliphatic rings. The highest BCUT2D eigenvalue weighted by Crippen LogP contribution is 2.34. The lowest BCUT2D eigenvalue weighted by Crippen LogP contribution is -2.53. The molecule has 0 spiro atoms. The van der Waals surface area contributed by atoms with Gasteiger partial charge in [-0.1, -0.05) is 55.0 Å². The van der Waals surface area contributed by atoms with E-state index in [1.54, 1.807) is 30.3 Å². The number of anilines is 1. The van der Waals surface area contributed by atoms with Gasteiger partial charge in [0, 0.05) is 18.7 Å². The summed E-state index contributed by atoms with van der Waals surface area (Å²) >= 11 is 0. The smallest absolute Gasteiger partial charge is 0.264 e. The van der Waals surface area contributed by atoms with Crippen molar-refractivity contribution in [1.29, 1.82) is 0 Å². The predicted octanol–water partition coefficient (Wildman–Crippen LogP) is 4.54. The number of rotatable bonds is 13. The number of amides is 2. The fraction of sp³-hybridized carbons (Fsp3) is 0.355. The first kappa shape index (κ1) is 31.5. The Morgan fingerprint density at radius 3 is 2.10 bits per heavy atom. The molecule has 1 N–H and O–H groups in total. The first-order chi connectivity index (χ1) is 19.5. The van der Waals surface area contributed by atoms with Gasteiger partial charge in [0.15, 0.2) is 11.5 Å². The van der Waals surface area contributed by atoms with Crippen LogP contribution < -0.4 is 19.1 Å². The Hall–Kier alpha value is -4.05. The van der Waals surface area contributed by atoms with Crippen molar-refractivity contribution in [2.75, 3.05) is 25.1 Å². The van der Waals surface area contributed by atoms with E-state index in [2.05, 4.69) is 5.32 Å². The Balaban J connectivity index is 2.10. The second-order valence-corrected chi connectivity index (χ2v) is 11.8. The minimum absolute atomic E-state index is 0.0252. The minimum atomic E-state index is -4.19. The van der Waals surface area contributed by atoms with Gasteiger partial charge in [0.2, 0.25) is 11.8 Å². The number of hydrogen-bond donors (Lipinski definition) is 1. The van der Waals surface area contributed by atoms with Crippen LogP contribution in [0.4, 0.5) is 5.69 Å². The number of benzene rings is 3. The lowest BCUT2D eigenvalue weighted by atomic mass is 10.1. The van der Waals surface area contributed by atoms with Crippen molar-refractivity contribution >= 4 is 27.5 Å². The Morgan fingerprint density at radius 1 is 0.902 bits per heavy atom. The van der Waals surface area contributed by atoms with Crippen LogP contribution in [0.15, 0.2) is 77.7 Å². The highest BCUT2D eigenvalue weighted by atomic mass is 32.2. The molecule has 0 saturated carbocycles. The van der Waals surface area contributed by atoms with Crippen molar-refractivity contribution in [2.45, 2.75) is 57.6 Å². The standard InChI is InChI=1S/C31H39N3O6S/c1-7-27(31(36)32-22(2)3)33(20-24-15-13-23(4)14-16-24)30(35)21-34(41(37,38)26-11-9-8-10-12-26)25-17-18-28(39-5)29(19-25)40-6/h8-19,22,27H,7,20-21H2,1-6H3,(H,32,36)/t27-/m0/s1. The van der Waals surface area contributed by atoms with Crippen LogP contribution >= 0.6 is 0 Å². The third-order valence-electron chi connectivity index (χ3n) is 6.56. The summed E-state index contributed by atoms with van der Waals surface area (Å²) < 4.78 is 39.7. The summed E-state index contributed by atoms with van der Waals surface area (Å²) in [5.74, 6) is -0.0980. The number of aryl methyl sites for hydroxylation is 1. The summed E-state index contributed by atoms with van der Waals surface area (Å²) in [6.45, 7) is 7.09. The summed E-state index contributed by atoms with van der Waals surface area (Å²) in [5.41, 5.74) is 2.10. The maximum atomic E-state index is 14.1. The molecule has 0 aliphatic carbocycles. The predicted molar refractivity (Wildman–Crippen MR) is 160 cm³/mol. The highest BCUT2D eigenvalue weighted by molar-refractivity contribution is 7.92. The van der Waals surface area contributed by atoms with Crippen LogP contribution in [0.5, 0.6) is 11.5 Å². The quantitative estimate of drug-likeness (QED) is 0.318. The van der Waals surface area contributed by atoms with Crippen LogP contribution in [0.2, 0.25) is 0 Å². The Morgan fingerprint density at radius 2 is 1.54 bits per heavy atom. The van der Waals surface area contributed by atoms with Gasteiger partial charge < -0.3 is 19.7 Å². The van der Waals surface area contributed by atoms with Crippen LogP contribution in [-0.2, 0) is 26.2 Å². The lowest BCUT2D eigenvalue weighted by Gasteiger charge is -2.33. The third-order valence-corrected chi connectivity index (χ3v) is 8.34. The molecule has 220 valence electrons. The summed E-state index contributed by atoms with van der Waals surface area (Å²) in [6, 6.07) is 19.3. The lowest BCUT2D eigenvalue weighted by molar-refractivity contribution is -0.140. The molecule has 0 aromatic heterocycles. The van der Waals surface area contributed by atoms with E-state index in [0.717, 1.165) is 15.4 Å². The number of sulfonamides is 1. The number of ether oxygens (including phenoxy) is 2. The molecule has 0 saturated heterocycles. The molecule has 0 heterocycles. The molecule has 0 bridgehead atoms.